The maximum absolute atomic E-state index is 6.00. The first-order chi connectivity index (χ1) is 8.29. The van der Waals surface area contributed by atoms with E-state index in [1.807, 2.05) is 18.2 Å². The van der Waals surface area contributed by atoms with Gasteiger partial charge in [-0.1, -0.05) is 11.6 Å². The van der Waals surface area contributed by atoms with Gasteiger partial charge in [0.1, 0.15) is 11.9 Å². The number of halogens is 1. The van der Waals surface area contributed by atoms with Crippen LogP contribution in [0.4, 0.5) is 0 Å². The summed E-state index contributed by atoms with van der Waals surface area (Å²) in [4.78, 5) is 4.68. The molecule has 1 aromatic carbocycles. The molecule has 1 fully saturated rings. The lowest BCUT2D eigenvalue weighted by Crippen LogP contribution is -2.07. The summed E-state index contributed by atoms with van der Waals surface area (Å²) in [5, 5.41) is 0.733. The number of ether oxygens (including phenoxy) is 1. The van der Waals surface area contributed by atoms with Crippen LogP contribution in [0.25, 0.3) is 11.0 Å². The topological polar surface area (TPSA) is 27.1 Å². The minimum absolute atomic E-state index is 0.154. The summed E-state index contributed by atoms with van der Waals surface area (Å²) in [5.41, 5.74) is 2.10. The quantitative estimate of drug-likeness (QED) is 0.815. The summed E-state index contributed by atoms with van der Waals surface area (Å²) in [7, 11) is 0. The van der Waals surface area contributed by atoms with Crippen molar-refractivity contribution in [3.8, 4) is 0 Å². The molecule has 0 aliphatic carbocycles. The van der Waals surface area contributed by atoms with Gasteiger partial charge in [0.15, 0.2) is 0 Å². The van der Waals surface area contributed by atoms with Crippen LogP contribution in [-0.4, -0.2) is 16.2 Å². The van der Waals surface area contributed by atoms with Gasteiger partial charge in [0.25, 0.3) is 0 Å². The molecule has 0 N–H and O–H groups in total. The summed E-state index contributed by atoms with van der Waals surface area (Å²) in [6.07, 6.45) is 2.34. The van der Waals surface area contributed by atoms with Gasteiger partial charge in [-0.25, -0.2) is 4.98 Å². The zero-order valence-electron chi connectivity index (χ0n) is 9.82. The number of fused-ring (bicyclic) bond motifs is 1. The molecule has 2 heterocycles. The van der Waals surface area contributed by atoms with Crippen molar-refractivity contribution in [3.63, 3.8) is 0 Å². The minimum atomic E-state index is 0.154. The Hall–Kier alpha value is -1.06. The van der Waals surface area contributed by atoms with Gasteiger partial charge in [0.2, 0.25) is 0 Å². The van der Waals surface area contributed by atoms with Crippen LogP contribution in [0.2, 0.25) is 5.02 Å². The average molecular weight is 251 g/mol. The monoisotopic (exact) mass is 250 g/mol. The molecule has 0 saturated carbocycles. The van der Waals surface area contributed by atoms with E-state index in [-0.39, 0.29) is 6.10 Å². The van der Waals surface area contributed by atoms with Gasteiger partial charge in [-0.2, -0.15) is 0 Å². The van der Waals surface area contributed by atoms with Gasteiger partial charge in [-0.3, -0.25) is 0 Å². The summed E-state index contributed by atoms with van der Waals surface area (Å²) in [6.45, 7) is 3.89. The van der Waals surface area contributed by atoms with E-state index in [0.29, 0.717) is 0 Å². The van der Waals surface area contributed by atoms with Crippen molar-refractivity contribution in [2.24, 2.45) is 0 Å². The van der Waals surface area contributed by atoms with Crippen LogP contribution in [0, 0.1) is 0 Å². The summed E-state index contributed by atoms with van der Waals surface area (Å²) in [5.74, 6) is 1.04. The maximum atomic E-state index is 6.00. The third-order valence-electron chi connectivity index (χ3n) is 3.27. The zero-order valence-corrected chi connectivity index (χ0v) is 10.6. The third kappa shape index (κ3) is 1.83. The SMILES string of the molecule is CCn1c(C2CCCO2)nc2cc(Cl)ccc21. The Morgan fingerprint density at radius 3 is 3.12 bits per heavy atom. The van der Waals surface area contributed by atoms with E-state index in [1.165, 1.54) is 0 Å². The van der Waals surface area contributed by atoms with Crippen LogP contribution < -0.4 is 0 Å². The van der Waals surface area contributed by atoms with Crippen molar-refractivity contribution < 1.29 is 4.74 Å². The van der Waals surface area contributed by atoms with Crippen LogP contribution in [0.15, 0.2) is 18.2 Å². The van der Waals surface area contributed by atoms with E-state index in [1.54, 1.807) is 0 Å². The molecule has 1 atom stereocenters. The van der Waals surface area contributed by atoms with Crippen LogP contribution in [0.5, 0.6) is 0 Å². The van der Waals surface area contributed by atoms with Gasteiger partial charge in [0.05, 0.1) is 11.0 Å². The number of benzene rings is 1. The first-order valence-electron chi connectivity index (χ1n) is 6.07. The van der Waals surface area contributed by atoms with Gasteiger partial charge in [-0.05, 0) is 38.0 Å². The second-order valence-electron chi connectivity index (χ2n) is 4.35. The largest absolute Gasteiger partial charge is 0.370 e. The molecule has 1 unspecified atom stereocenters. The van der Waals surface area contributed by atoms with Gasteiger partial charge >= 0.3 is 0 Å². The Labute approximate surface area is 105 Å². The number of aromatic nitrogens is 2. The minimum Gasteiger partial charge on any atom is -0.370 e. The Morgan fingerprint density at radius 1 is 1.53 bits per heavy atom. The molecule has 0 amide bonds. The van der Waals surface area contributed by atoms with Crippen LogP contribution in [-0.2, 0) is 11.3 Å². The molecule has 3 rings (SSSR count). The first-order valence-corrected chi connectivity index (χ1v) is 6.44. The molecule has 0 spiro atoms. The van der Waals surface area contributed by atoms with E-state index in [0.717, 1.165) is 47.9 Å². The molecule has 1 aliphatic heterocycles. The molecule has 1 aromatic heterocycles. The first kappa shape index (κ1) is 11.1. The van der Waals surface area contributed by atoms with Gasteiger partial charge < -0.3 is 9.30 Å². The number of aryl methyl sites for hydroxylation is 1. The highest BCUT2D eigenvalue weighted by Gasteiger charge is 2.23. The molecule has 0 radical (unpaired) electrons. The number of nitrogens with zero attached hydrogens (tertiary/aromatic N) is 2. The van der Waals surface area contributed by atoms with Crippen LogP contribution in [0.1, 0.15) is 31.7 Å². The second-order valence-corrected chi connectivity index (χ2v) is 4.79. The van der Waals surface area contributed by atoms with E-state index in [2.05, 4.69) is 16.5 Å². The fraction of sp³-hybridized carbons (Fsp3) is 0.462. The van der Waals surface area contributed by atoms with E-state index in [4.69, 9.17) is 16.3 Å². The number of hydrogen-bond donors (Lipinski definition) is 0. The fourth-order valence-corrected chi connectivity index (χ4v) is 2.65. The standard InChI is InChI=1S/C13H15ClN2O/c1-2-16-11-6-5-9(14)8-10(11)15-13(16)12-4-3-7-17-12/h5-6,8,12H,2-4,7H2,1H3. The second kappa shape index (κ2) is 4.31. The van der Waals surface area contributed by atoms with Crippen molar-refractivity contribution in [2.45, 2.75) is 32.4 Å². The summed E-state index contributed by atoms with van der Waals surface area (Å²) in [6, 6.07) is 5.87. The maximum Gasteiger partial charge on any atom is 0.139 e. The lowest BCUT2D eigenvalue weighted by atomic mass is 10.2. The van der Waals surface area contributed by atoms with Crippen molar-refractivity contribution in [1.29, 1.82) is 0 Å². The number of rotatable bonds is 2. The molecule has 4 heteroatoms. The van der Waals surface area contributed by atoms with E-state index >= 15 is 0 Å². The predicted molar refractivity (Wildman–Crippen MR) is 68.3 cm³/mol. The lowest BCUT2D eigenvalue weighted by molar-refractivity contribution is 0.102. The predicted octanol–water partition coefficient (Wildman–Crippen LogP) is 3.56. The molecule has 90 valence electrons. The summed E-state index contributed by atoms with van der Waals surface area (Å²) < 4.78 is 7.95. The zero-order chi connectivity index (χ0) is 11.8. The molecular weight excluding hydrogens is 236 g/mol. The van der Waals surface area contributed by atoms with Crippen LogP contribution in [0.3, 0.4) is 0 Å². The highest BCUT2D eigenvalue weighted by Crippen LogP contribution is 2.31. The molecule has 1 saturated heterocycles. The summed E-state index contributed by atoms with van der Waals surface area (Å²) >= 11 is 6.00. The molecule has 17 heavy (non-hydrogen) atoms. The van der Waals surface area contributed by atoms with Crippen molar-refractivity contribution in [2.75, 3.05) is 6.61 Å². The number of hydrogen-bond acceptors (Lipinski definition) is 2. The fourth-order valence-electron chi connectivity index (χ4n) is 2.48. The van der Waals surface area contributed by atoms with Crippen molar-refractivity contribution >= 4 is 22.6 Å². The highest BCUT2D eigenvalue weighted by molar-refractivity contribution is 6.31. The normalized spacial score (nSPS) is 20.2. The Morgan fingerprint density at radius 2 is 2.41 bits per heavy atom. The Bertz CT molecular complexity index is 544. The Kier molecular flexibility index (Phi) is 2.81. The smallest absolute Gasteiger partial charge is 0.139 e. The average Bonchev–Trinajstić information content (AvgIpc) is 2.94. The van der Waals surface area contributed by atoms with Gasteiger partial charge in [0, 0.05) is 18.2 Å². The van der Waals surface area contributed by atoms with E-state index in [9.17, 15) is 0 Å². The lowest BCUT2D eigenvalue weighted by Gasteiger charge is -2.11. The molecule has 0 bridgehead atoms. The molecular formula is C13H15ClN2O. The third-order valence-corrected chi connectivity index (χ3v) is 3.51. The number of imidazole rings is 1. The molecule has 1 aliphatic rings. The van der Waals surface area contributed by atoms with Crippen molar-refractivity contribution in [1.82, 2.24) is 9.55 Å². The molecule has 3 nitrogen and oxygen atoms in total. The molecule has 2 aromatic rings. The van der Waals surface area contributed by atoms with Gasteiger partial charge in [-0.15, -0.1) is 0 Å². The van der Waals surface area contributed by atoms with Crippen molar-refractivity contribution in [3.05, 3.63) is 29.0 Å². The highest BCUT2D eigenvalue weighted by atomic mass is 35.5. The Balaban J connectivity index is 2.16. The van der Waals surface area contributed by atoms with E-state index < -0.39 is 0 Å². The van der Waals surface area contributed by atoms with Crippen LogP contribution >= 0.6 is 11.6 Å².